The average molecular weight is 362 g/mol. The van der Waals surface area contributed by atoms with Crippen LogP contribution in [-0.2, 0) is 4.74 Å². The monoisotopic (exact) mass is 362 g/mol. The number of rotatable bonds is 4. The maximum absolute atomic E-state index is 13.3. The minimum absolute atomic E-state index is 0.102. The van der Waals surface area contributed by atoms with Crippen molar-refractivity contribution in [1.29, 1.82) is 0 Å². The van der Waals surface area contributed by atoms with Crippen LogP contribution in [0.1, 0.15) is 12.5 Å². The van der Waals surface area contributed by atoms with Crippen molar-refractivity contribution in [3.8, 4) is 16.9 Å². The third-order valence-corrected chi connectivity index (χ3v) is 4.61. The second-order valence-corrected chi connectivity index (χ2v) is 6.46. The standard InChI is InChI=1S/C21H22N4O2/c1-16(22-24-12-14-27-15-13-24)19-20(17-8-4-2-5-9-17)23-25(21(19)26)18-10-6-3-7-11-18/h2-11,23H,12-15H2,1H3. The summed E-state index contributed by atoms with van der Waals surface area (Å²) in [6.07, 6.45) is 0. The van der Waals surface area contributed by atoms with E-state index in [-0.39, 0.29) is 5.56 Å². The molecule has 0 aliphatic carbocycles. The van der Waals surface area contributed by atoms with Gasteiger partial charge in [0.25, 0.3) is 5.56 Å². The highest BCUT2D eigenvalue weighted by molar-refractivity contribution is 6.03. The van der Waals surface area contributed by atoms with Crippen molar-refractivity contribution in [2.75, 3.05) is 26.3 Å². The molecule has 0 bridgehead atoms. The van der Waals surface area contributed by atoms with Gasteiger partial charge in [-0.25, -0.2) is 4.68 Å². The number of benzene rings is 2. The lowest BCUT2D eigenvalue weighted by Crippen LogP contribution is -2.33. The summed E-state index contributed by atoms with van der Waals surface area (Å²) in [5, 5.41) is 9.94. The normalized spacial score (nSPS) is 15.1. The van der Waals surface area contributed by atoms with Crippen LogP contribution < -0.4 is 5.56 Å². The van der Waals surface area contributed by atoms with Crippen LogP contribution in [0.25, 0.3) is 16.9 Å². The molecular formula is C21H22N4O2. The van der Waals surface area contributed by atoms with Crippen molar-refractivity contribution in [3.05, 3.63) is 76.6 Å². The smallest absolute Gasteiger partial charge is 0.281 e. The van der Waals surface area contributed by atoms with Gasteiger partial charge in [0, 0.05) is 5.56 Å². The number of hydrazone groups is 1. The second kappa shape index (κ2) is 7.63. The summed E-state index contributed by atoms with van der Waals surface area (Å²) < 4.78 is 6.96. The highest BCUT2D eigenvalue weighted by atomic mass is 16.5. The molecule has 4 rings (SSSR count). The Hall–Kier alpha value is -3.12. The fourth-order valence-corrected chi connectivity index (χ4v) is 3.26. The lowest BCUT2D eigenvalue weighted by Gasteiger charge is -2.24. The number of para-hydroxylation sites is 1. The third kappa shape index (κ3) is 3.57. The zero-order valence-corrected chi connectivity index (χ0v) is 15.3. The topological polar surface area (TPSA) is 62.6 Å². The minimum atomic E-state index is -0.102. The van der Waals surface area contributed by atoms with Crippen LogP contribution in [0.4, 0.5) is 0 Å². The van der Waals surface area contributed by atoms with Crippen LogP contribution in [0.3, 0.4) is 0 Å². The molecule has 1 aliphatic rings. The van der Waals surface area contributed by atoms with Gasteiger partial charge in [-0.15, -0.1) is 0 Å². The summed E-state index contributed by atoms with van der Waals surface area (Å²) in [5.41, 5.74) is 3.72. The third-order valence-electron chi connectivity index (χ3n) is 4.61. The van der Waals surface area contributed by atoms with Crippen molar-refractivity contribution >= 4 is 5.71 Å². The van der Waals surface area contributed by atoms with Crippen LogP contribution in [0, 0.1) is 0 Å². The van der Waals surface area contributed by atoms with Crippen molar-refractivity contribution in [2.45, 2.75) is 6.92 Å². The summed E-state index contributed by atoms with van der Waals surface area (Å²) >= 11 is 0. The number of aromatic nitrogens is 2. The Morgan fingerprint density at radius 2 is 1.63 bits per heavy atom. The number of aromatic amines is 1. The maximum atomic E-state index is 13.3. The predicted molar refractivity (Wildman–Crippen MR) is 106 cm³/mol. The average Bonchev–Trinajstić information content (AvgIpc) is 3.07. The van der Waals surface area contributed by atoms with Gasteiger partial charge < -0.3 is 4.74 Å². The van der Waals surface area contributed by atoms with Gasteiger partial charge in [0.2, 0.25) is 0 Å². The van der Waals surface area contributed by atoms with Gasteiger partial charge in [-0.2, -0.15) is 5.10 Å². The highest BCUT2D eigenvalue weighted by Gasteiger charge is 2.20. The van der Waals surface area contributed by atoms with E-state index in [1.54, 1.807) is 4.68 Å². The predicted octanol–water partition coefficient (Wildman–Crippen LogP) is 2.89. The molecule has 0 atom stereocenters. The lowest BCUT2D eigenvalue weighted by atomic mass is 10.1. The van der Waals surface area contributed by atoms with Crippen LogP contribution in [-0.4, -0.2) is 46.8 Å². The van der Waals surface area contributed by atoms with E-state index in [1.807, 2.05) is 72.6 Å². The van der Waals surface area contributed by atoms with E-state index >= 15 is 0 Å². The maximum Gasteiger partial charge on any atom is 0.281 e. The highest BCUT2D eigenvalue weighted by Crippen LogP contribution is 2.21. The largest absolute Gasteiger partial charge is 0.378 e. The van der Waals surface area contributed by atoms with Crippen molar-refractivity contribution in [1.82, 2.24) is 14.8 Å². The summed E-state index contributed by atoms with van der Waals surface area (Å²) in [7, 11) is 0. The Kier molecular flexibility index (Phi) is 4.89. The fraction of sp³-hybridized carbons (Fsp3) is 0.238. The molecule has 6 heteroatoms. The molecule has 1 aromatic heterocycles. The van der Waals surface area contributed by atoms with E-state index < -0.39 is 0 Å². The molecule has 2 aromatic carbocycles. The van der Waals surface area contributed by atoms with E-state index in [0.29, 0.717) is 24.5 Å². The molecule has 0 unspecified atom stereocenters. The Morgan fingerprint density at radius 1 is 1.00 bits per heavy atom. The lowest BCUT2D eigenvalue weighted by molar-refractivity contribution is 0.0393. The summed E-state index contributed by atoms with van der Waals surface area (Å²) in [6, 6.07) is 19.5. The number of nitrogens with one attached hydrogen (secondary N) is 1. The first kappa shape index (κ1) is 17.3. The van der Waals surface area contributed by atoms with Crippen LogP contribution in [0.15, 0.2) is 70.6 Å². The second-order valence-electron chi connectivity index (χ2n) is 6.46. The Morgan fingerprint density at radius 3 is 2.30 bits per heavy atom. The Balaban J connectivity index is 1.85. The first-order chi connectivity index (χ1) is 13.2. The van der Waals surface area contributed by atoms with E-state index in [1.165, 1.54) is 0 Å². The van der Waals surface area contributed by atoms with Crippen molar-refractivity contribution in [2.24, 2.45) is 5.10 Å². The van der Waals surface area contributed by atoms with Crippen LogP contribution in [0.5, 0.6) is 0 Å². The molecule has 0 spiro atoms. The quantitative estimate of drug-likeness (QED) is 0.726. The Bertz CT molecular complexity index is 984. The summed E-state index contributed by atoms with van der Waals surface area (Å²) in [6.45, 7) is 4.67. The van der Waals surface area contributed by atoms with Gasteiger partial charge in [0.15, 0.2) is 0 Å². The number of hydrogen-bond acceptors (Lipinski definition) is 4. The number of H-pyrrole nitrogens is 1. The van der Waals surface area contributed by atoms with Crippen molar-refractivity contribution in [3.63, 3.8) is 0 Å². The van der Waals surface area contributed by atoms with Crippen LogP contribution in [0.2, 0.25) is 0 Å². The van der Waals surface area contributed by atoms with Crippen molar-refractivity contribution < 1.29 is 4.74 Å². The Labute approximate surface area is 157 Å². The zero-order chi connectivity index (χ0) is 18.6. The molecule has 1 saturated heterocycles. The molecule has 27 heavy (non-hydrogen) atoms. The van der Waals surface area contributed by atoms with Gasteiger partial charge in [-0.3, -0.25) is 14.9 Å². The van der Waals surface area contributed by atoms with Crippen LogP contribution >= 0.6 is 0 Å². The molecule has 2 heterocycles. The molecular weight excluding hydrogens is 340 g/mol. The first-order valence-electron chi connectivity index (χ1n) is 9.08. The molecule has 1 aliphatic heterocycles. The fourth-order valence-electron chi connectivity index (χ4n) is 3.26. The van der Waals surface area contributed by atoms with E-state index in [4.69, 9.17) is 9.84 Å². The summed E-state index contributed by atoms with van der Waals surface area (Å²) in [4.78, 5) is 13.3. The summed E-state index contributed by atoms with van der Waals surface area (Å²) in [5.74, 6) is 0. The molecule has 1 N–H and O–H groups in total. The van der Waals surface area contributed by atoms with Gasteiger partial charge in [-0.1, -0.05) is 48.5 Å². The van der Waals surface area contributed by atoms with E-state index in [0.717, 1.165) is 30.0 Å². The van der Waals surface area contributed by atoms with E-state index in [2.05, 4.69) is 5.10 Å². The van der Waals surface area contributed by atoms with E-state index in [9.17, 15) is 4.79 Å². The van der Waals surface area contributed by atoms with Gasteiger partial charge >= 0.3 is 0 Å². The number of nitrogens with zero attached hydrogens (tertiary/aromatic N) is 3. The van der Waals surface area contributed by atoms with Gasteiger partial charge in [-0.05, 0) is 19.1 Å². The first-order valence-corrected chi connectivity index (χ1v) is 9.08. The number of ether oxygens (including phenoxy) is 1. The van der Waals surface area contributed by atoms with Gasteiger partial charge in [0.1, 0.15) is 0 Å². The molecule has 6 nitrogen and oxygen atoms in total. The number of morpholine rings is 1. The molecule has 0 saturated carbocycles. The van der Waals surface area contributed by atoms with Gasteiger partial charge in [0.05, 0.1) is 49.0 Å². The molecule has 138 valence electrons. The molecule has 0 amide bonds. The molecule has 1 fully saturated rings. The zero-order valence-electron chi connectivity index (χ0n) is 15.3. The SMILES string of the molecule is CC(=NN1CCOCC1)c1c(-c2ccccc2)[nH]n(-c2ccccc2)c1=O. The molecule has 0 radical (unpaired) electrons. The minimum Gasteiger partial charge on any atom is -0.378 e. The number of hydrogen-bond donors (Lipinski definition) is 1. The molecule has 3 aromatic rings.